The van der Waals surface area contributed by atoms with E-state index in [-0.39, 0.29) is 0 Å². The predicted molar refractivity (Wildman–Crippen MR) is 93.8 cm³/mol. The number of nitrogens with zero attached hydrogens (tertiary/aromatic N) is 5. The number of aryl methyl sites for hydroxylation is 2. The fourth-order valence-corrected chi connectivity index (χ4v) is 3.14. The smallest absolute Gasteiger partial charge is 0.223 e. The first-order valence-corrected chi connectivity index (χ1v) is 8.44. The third kappa shape index (κ3) is 3.91. The maximum atomic E-state index is 10.6. The van der Waals surface area contributed by atoms with Gasteiger partial charge in [0.2, 0.25) is 5.95 Å². The van der Waals surface area contributed by atoms with Gasteiger partial charge in [0.05, 0.1) is 17.0 Å². The van der Waals surface area contributed by atoms with E-state index in [2.05, 4.69) is 32.3 Å². The highest BCUT2D eigenvalue weighted by Crippen LogP contribution is 2.25. The van der Waals surface area contributed by atoms with E-state index in [1.165, 1.54) is 0 Å². The van der Waals surface area contributed by atoms with Gasteiger partial charge in [0.15, 0.2) is 0 Å². The summed E-state index contributed by atoms with van der Waals surface area (Å²) in [5.74, 6) is 0.590. The van der Waals surface area contributed by atoms with Crippen LogP contribution in [0.5, 0.6) is 0 Å². The van der Waals surface area contributed by atoms with E-state index in [1.807, 2.05) is 26.2 Å². The molecule has 1 aliphatic heterocycles. The Kier molecular flexibility index (Phi) is 4.82. The fourth-order valence-electron chi connectivity index (χ4n) is 3.14. The zero-order chi connectivity index (χ0) is 17.2. The number of rotatable bonds is 5. The highest BCUT2D eigenvalue weighted by molar-refractivity contribution is 5.61. The first kappa shape index (κ1) is 16.9. The minimum atomic E-state index is -0.572. The molecule has 0 aliphatic carbocycles. The number of hydrogen-bond donors (Lipinski definition) is 2. The Morgan fingerprint density at radius 3 is 2.71 bits per heavy atom. The highest BCUT2D eigenvalue weighted by Gasteiger charge is 2.30. The van der Waals surface area contributed by atoms with E-state index in [0.717, 1.165) is 42.9 Å². The average molecular weight is 330 g/mol. The van der Waals surface area contributed by atoms with Crippen molar-refractivity contribution < 1.29 is 5.11 Å². The van der Waals surface area contributed by atoms with E-state index >= 15 is 0 Å². The summed E-state index contributed by atoms with van der Waals surface area (Å²) in [5, 5.41) is 18.2. The molecule has 0 bridgehead atoms. The first-order valence-electron chi connectivity index (χ1n) is 8.44. The molecule has 0 amide bonds. The third-order valence-electron chi connectivity index (χ3n) is 4.74. The van der Waals surface area contributed by atoms with E-state index in [4.69, 9.17) is 0 Å². The normalized spacial score (nSPS) is 17.8. The Labute approximate surface area is 142 Å². The fraction of sp³-hybridized carbons (Fsp3) is 0.588. The second-order valence-corrected chi connectivity index (χ2v) is 6.77. The van der Waals surface area contributed by atoms with Crippen LogP contribution in [-0.4, -0.2) is 62.0 Å². The van der Waals surface area contributed by atoms with Crippen molar-refractivity contribution in [1.82, 2.24) is 24.6 Å². The van der Waals surface area contributed by atoms with Crippen molar-refractivity contribution in [3.05, 3.63) is 24.2 Å². The van der Waals surface area contributed by atoms with Gasteiger partial charge in [-0.3, -0.25) is 4.68 Å². The molecule has 3 heterocycles. The van der Waals surface area contributed by atoms with Crippen molar-refractivity contribution >= 4 is 5.95 Å². The Balaban J connectivity index is 1.60. The van der Waals surface area contributed by atoms with Gasteiger partial charge in [0.1, 0.15) is 0 Å². The van der Waals surface area contributed by atoms with Crippen LogP contribution >= 0.6 is 0 Å². The van der Waals surface area contributed by atoms with Crippen LogP contribution in [0.1, 0.15) is 25.0 Å². The molecule has 1 aliphatic rings. The molecule has 0 atom stereocenters. The van der Waals surface area contributed by atoms with Gasteiger partial charge in [-0.25, -0.2) is 9.97 Å². The summed E-state index contributed by atoms with van der Waals surface area (Å²) in [5.41, 5.74) is 2.24. The summed E-state index contributed by atoms with van der Waals surface area (Å²) >= 11 is 0. The molecule has 2 aromatic rings. The second-order valence-electron chi connectivity index (χ2n) is 6.77. The van der Waals surface area contributed by atoms with E-state index < -0.39 is 5.60 Å². The van der Waals surface area contributed by atoms with Gasteiger partial charge >= 0.3 is 0 Å². The number of hydrogen-bond acceptors (Lipinski definition) is 6. The number of likely N-dealkylation sites (tertiary alicyclic amines) is 1. The summed E-state index contributed by atoms with van der Waals surface area (Å²) in [6, 6.07) is 1.89. The van der Waals surface area contributed by atoms with Crippen molar-refractivity contribution in [2.75, 3.05) is 32.0 Å². The van der Waals surface area contributed by atoms with E-state index in [1.54, 1.807) is 10.9 Å². The summed E-state index contributed by atoms with van der Waals surface area (Å²) in [4.78, 5) is 11.1. The van der Waals surface area contributed by atoms with Crippen molar-refractivity contribution in [1.29, 1.82) is 0 Å². The van der Waals surface area contributed by atoms with Crippen molar-refractivity contribution in [3.8, 4) is 11.3 Å². The van der Waals surface area contributed by atoms with E-state index in [0.29, 0.717) is 18.9 Å². The lowest BCUT2D eigenvalue weighted by molar-refractivity contribution is -0.0194. The zero-order valence-electron chi connectivity index (χ0n) is 14.7. The molecule has 0 unspecified atom stereocenters. The number of aromatic nitrogens is 4. The summed E-state index contributed by atoms with van der Waals surface area (Å²) in [6.45, 7) is 4.53. The molecule has 2 aromatic heterocycles. The second kappa shape index (κ2) is 6.86. The molecule has 24 heavy (non-hydrogen) atoms. The largest absolute Gasteiger partial charge is 0.390 e. The van der Waals surface area contributed by atoms with Crippen molar-refractivity contribution in [2.45, 2.75) is 31.8 Å². The third-order valence-corrected chi connectivity index (χ3v) is 4.74. The van der Waals surface area contributed by atoms with Gasteiger partial charge in [0.25, 0.3) is 0 Å². The van der Waals surface area contributed by atoms with Crippen LogP contribution in [0.25, 0.3) is 11.3 Å². The molecule has 1 saturated heterocycles. The molecule has 7 heteroatoms. The summed E-state index contributed by atoms with van der Waals surface area (Å²) in [6.07, 6.45) is 6.06. The van der Waals surface area contributed by atoms with Gasteiger partial charge in [0, 0.05) is 44.6 Å². The first-order chi connectivity index (χ1) is 11.5. The summed E-state index contributed by atoms with van der Waals surface area (Å²) < 4.78 is 1.79. The minimum Gasteiger partial charge on any atom is -0.390 e. The quantitative estimate of drug-likeness (QED) is 0.864. The minimum absolute atomic E-state index is 0.572. The zero-order valence-corrected chi connectivity index (χ0v) is 14.7. The van der Waals surface area contributed by atoms with Crippen LogP contribution in [0, 0.1) is 6.92 Å². The van der Waals surface area contributed by atoms with Gasteiger partial charge in [-0.2, -0.15) is 5.10 Å². The number of piperidine rings is 1. The number of aliphatic hydroxyl groups is 1. The van der Waals surface area contributed by atoms with Gasteiger partial charge < -0.3 is 15.3 Å². The Morgan fingerprint density at radius 1 is 1.29 bits per heavy atom. The van der Waals surface area contributed by atoms with Crippen molar-refractivity contribution in [2.24, 2.45) is 7.05 Å². The molecule has 7 nitrogen and oxygen atoms in total. The number of nitrogens with one attached hydrogen (secondary N) is 1. The van der Waals surface area contributed by atoms with E-state index in [9.17, 15) is 5.11 Å². The molecule has 0 radical (unpaired) electrons. The molecular formula is C17H26N6O. The number of anilines is 1. The Hall–Kier alpha value is -1.99. The van der Waals surface area contributed by atoms with Gasteiger partial charge in [-0.05, 0) is 39.3 Å². The Bertz CT molecular complexity index is 690. The van der Waals surface area contributed by atoms with Crippen molar-refractivity contribution in [3.63, 3.8) is 0 Å². The molecule has 1 fully saturated rings. The molecule has 3 rings (SSSR count). The van der Waals surface area contributed by atoms with Crippen LogP contribution in [0.3, 0.4) is 0 Å². The molecule has 0 aromatic carbocycles. The highest BCUT2D eigenvalue weighted by atomic mass is 16.3. The monoisotopic (exact) mass is 330 g/mol. The van der Waals surface area contributed by atoms with Crippen LogP contribution in [-0.2, 0) is 7.05 Å². The predicted octanol–water partition coefficient (Wildman–Crippen LogP) is 1.44. The maximum absolute atomic E-state index is 10.6. The topological polar surface area (TPSA) is 79.1 Å². The summed E-state index contributed by atoms with van der Waals surface area (Å²) in [7, 11) is 4.00. The van der Waals surface area contributed by atoms with Crippen LogP contribution < -0.4 is 5.32 Å². The van der Waals surface area contributed by atoms with Crippen LogP contribution in [0.4, 0.5) is 5.95 Å². The lowest BCUT2D eigenvalue weighted by Gasteiger charge is -2.36. The molecule has 130 valence electrons. The van der Waals surface area contributed by atoms with Gasteiger partial charge in [-0.1, -0.05) is 0 Å². The van der Waals surface area contributed by atoms with Crippen LogP contribution in [0.15, 0.2) is 18.5 Å². The van der Waals surface area contributed by atoms with Crippen LogP contribution in [0.2, 0.25) is 0 Å². The SMILES string of the molecule is Cc1nn(C)cc1-c1ccnc(NCCC2(O)CCN(C)CC2)n1. The average Bonchev–Trinajstić information content (AvgIpc) is 2.89. The Morgan fingerprint density at radius 2 is 2.04 bits per heavy atom. The molecule has 2 N–H and O–H groups in total. The lowest BCUT2D eigenvalue weighted by atomic mass is 9.88. The molecule has 0 spiro atoms. The van der Waals surface area contributed by atoms with Gasteiger partial charge in [-0.15, -0.1) is 0 Å². The standard InChI is InChI=1S/C17H26N6O/c1-13-14(12-23(3)21-13)15-4-8-18-16(20-15)19-9-5-17(24)6-10-22(2)11-7-17/h4,8,12,24H,5-7,9-11H2,1-3H3,(H,18,19,20). The maximum Gasteiger partial charge on any atom is 0.223 e. The molecular weight excluding hydrogens is 304 g/mol. The lowest BCUT2D eigenvalue weighted by Crippen LogP contribution is -2.43. The molecule has 0 saturated carbocycles.